The Balaban J connectivity index is 1.91. The Morgan fingerprint density at radius 1 is 1.23 bits per heavy atom. The van der Waals surface area contributed by atoms with Gasteiger partial charge < -0.3 is 16.0 Å². The Labute approximate surface area is 154 Å². The van der Waals surface area contributed by atoms with E-state index in [0.29, 0.717) is 15.4 Å². The Bertz CT molecular complexity index is 815. The molecular weight excluding hydrogens is 356 g/mol. The minimum atomic E-state index is -0.496. The predicted molar refractivity (Wildman–Crippen MR) is 101 cm³/mol. The van der Waals surface area contributed by atoms with Crippen LogP contribution in [-0.2, 0) is 6.54 Å². The van der Waals surface area contributed by atoms with Crippen molar-refractivity contribution >= 4 is 34.6 Å². The number of hydrogen-bond acceptors (Lipinski definition) is 5. The molecule has 3 amide bonds. The number of nitrogens with zero attached hydrogens (tertiary/aromatic N) is 1. The van der Waals surface area contributed by atoms with Crippen LogP contribution in [0, 0.1) is 17.0 Å². The van der Waals surface area contributed by atoms with Gasteiger partial charge in [-0.3, -0.25) is 14.9 Å². The zero-order valence-corrected chi connectivity index (χ0v) is 15.5. The highest BCUT2D eigenvalue weighted by molar-refractivity contribution is 7.14. The monoisotopic (exact) mass is 376 g/mol. The quantitative estimate of drug-likeness (QED) is 0.529. The highest BCUT2D eigenvalue weighted by Gasteiger charge is 2.19. The first-order valence-corrected chi connectivity index (χ1v) is 8.77. The van der Waals surface area contributed by atoms with Gasteiger partial charge in [-0.2, -0.15) is 0 Å². The molecule has 138 valence electrons. The molecule has 0 aliphatic heterocycles. The topological polar surface area (TPSA) is 113 Å². The Hall–Kier alpha value is -2.94. The fourth-order valence-electron chi connectivity index (χ4n) is 2.17. The van der Waals surface area contributed by atoms with Crippen LogP contribution in [0.5, 0.6) is 0 Å². The minimum Gasteiger partial charge on any atom is -0.347 e. The molecule has 0 atom stereocenters. The number of aryl methyl sites for hydroxylation is 1. The van der Waals surface area contributed by atoms with Crippen molar-refractivity contribution in [1.29, 1.82) is 0 Å². The number of nitro groups is 1. The highest BCUT2D eigenvalue weighted by Crippen LogP contribution is 2.27. The van der Waals surface area contributed by atoms with Gasteiger partial charge >= 0.3 is 6.03 Å². The summed E-state index contributed by atoms with van der Waals surface area (Å²) >= 11 is 1.09. The van der Waals surface area contributed by atoms with Crippen molar-refractivity contribution < 1.29 is 14.5 Å². The second-order valence-corrected chi connectivity index (χ2v) is 7.20. The number of urea groups is 1. The molecule has 0 unspecified atom stereocenters. The maximum Gasteiger partial charge on any atom is 0.319 e. The van der Waals surface area contributed by atoms with E-state index in [0.717, 1.165) is 16.9 Å². The van der Waals surface area contributed by atoms with Gasteiger partial charge in [0, 0.05) is 24.3 Å². The summed E-state index contributed by atoms with van der Waals surface area (Å²) in [5.41, 5.74) is 1.44. The number of rotatable bonds is 6. The Morgan fingerprint density at radius 3 is 2.42 bits per heavy atom. The summed E-state index contributed by atoms with van der Waals surface area (Å²) in [6, 6.07) is 8.09. The second-order valence-electron chi connectivity index (χ2n) is 5.94. The number of carbonyl (C=O) groups is 2. The van der Waals surface area contributed by atoms with Crippen molar-refractivity contribution in [2.45, 2.75) is 33.4 Å². The van der Waals surface area contributed by atoms with Gasteiger partial charge in [-0.25, -0.2) is 4.79 Å². The van der Waals surface area contributed by atoms with E-state index in [9.17, 15) is 19.7 Å². The van der Waals surface area contributed by atoms with Crippen LogP contribution in [0.1, 0.15) is 34.0 Å². The third kappa shape index (κ3) is 5.28. The molecule has 0 fully saturated rings. The van der Waals surface area contributed by atoms with E-state index in [-0.39, 0.29) is 30.2 Å². The number of amides is 3. The molecular formula is C17H20N4O4S. The molecule has 9 heteroatoms. The number of nitrogens with one attached hydrogen (secondary N) is 3. The zero-order valence-electron chi connectivity index (χ0n) is 14.7. The molecule has 0 saturated carbocycles. The molecule has 1 aromatic heterocycles. The number of hydrogen-bond donors (Lipinski definition) is 3. The molecule has 2 rings (SSSR count). The summed E-state index contributed by atoms with van der Waals surface area (Å²) in [5.74, 6) is -0.357. The second kappa shape index (κ2) is 8.43. The molecule has 0 aliphatic carbocycles. The summed E-state index contributed by atoms with van der Waals surface area (Å²) in [4.78, 5) is 34.9. The van der Waals surface area contributed by atoms with Gasteiger partial charge in [-0.05, 0) is 38.5 Å². The molecule has 1 aromatic carbocycles. The van der Waals surface area contributed by atoms with Crippen molar-refractivity contribution in [2.75, 3.05) is 5.32 Å². The van der Waals surface area contributed by atoms with Gasteiger partial charge in [0.2, 0.25) is 0 Å². The van der Waals surface area contributed by atoms with Crippen molar-refractivity contribution in [3.63, 3.8) is 0 Å². The lowest BCUT2D eigenvalue weighted by molar-refractivity contribution is -0.385. The van der Waals surface area contributed by atoms with Gasteiger partial charge in [-0.15, -0.1) is 11.3 Å². The van der Waals surface area contributed by atoms with E-state index >= 15 is 0 Å². The molecule has 3 N–H and O–H groups in total. The Morgan fingerprint density at radius 2 is 1.88 bits per heavy atom. The summed E-state index contributed by atoms with van der Waals surface area (Å²) in [5, 5.41) is 19.0. The van der Waals surface area contributed by atoms with Crippen molar-refractivity contribution in [2.24, 2.45) is 0 Å². The largest absolute Gasteiger partial charge is 0.347 e. The first-order chi connectivity index (χ1) is 12.3. The molecule has 2 aromatic rings. The van der Waals surface area contributed by atoms with E-state index in [1.807, 2.05) is 13.8 Å². The van der Waals surface area contributed by atoms with Crippen LogP contribution in [0.4, 0.5) is 16.2 Å². The summed E-state index contributed by atoms with van der Waals surface area (Å²) in [6.45, 7) is 5.63. The number of benzene rings is 1. The highest BCUT2D eigenvalue weighted by atomic mass is 32.1. The van der Waals surface area contributed by atoms with Crippen LogP contribution in [0.2, 0.25) is 0 Å². The molecule has 26 heavy (non-hydrogen) atoms. The third-order valence-electron chi connectivity index (χ3n) is 3.40. The van der Waals surface area contributed by atoms with Gasteiger partial charge in [0.15, 0.2) is 0 Å². The van der Waals surface area contributed by atoms with E-state index in [4.69, 9.17) is 0 Å². The van der Waals surface area contributed by atoms with E-state index < -0.39 is 4.92 Å². The van der Waals surface area contributed by atoms with Crippen LogP contribution in [0.15, 0.2) is 30.3 Å². The molecule has 0 bridgehead atoms. The van der Waals surface area contributed by atoms with E-state index in [2.05, 4.69) is 16.0 Å². The maximum atomic E-state index is 12.1. The lowest BCUT2D eigenvalue weighted by Gasteiger charge is -2.10. The van der Waals surface area contributed by atoms with Crippen LogP contribution < -0.4 is 16.0 Å². The van der Waals surface area contributed by atoms with Crippen molar-refractivity contribution in [1.82, 2.24) is 10.6 Å². The summed E-state index contributed by atoms with van der Waals surface area (Å²) in [7, 11) is 0. The summed E-state index contributed by atoms with van der Waals surface area (Å²) in [6.07, 6.45) is 0. The van der Waals surface area contributed by atoms with E-state index in [1.165, 1.54) is 6.07 Å². The lowest BCUT2D eigenvalue weighted by Crippen LogP contribution is -2.34. The molecule has 0 aliphatic rings. The van der Waals surface area contributed by atoms with Gasteiger partial charge in [0.05, 0.1) is 14.7 Å². The molecule has 8 nitrogen and oxygen atoms in total. The van der Waals surface area contributed by atoms with Crippen molar-refractivity contribution in [3.8, 4) is 0 Å². The van der Waals surface area contributed by atoms with Crippen LogP contribution in [-0.4, -0.2) is 22.9 Å². The molecule has 1 heterocycles. The zero-order chi connectivity index (χ0) is 19.3. The summed E-state index contributed by atoms with van der Waals surface area (Å²) < 4.78 is 0. The van der Waals surface area contributed by atoms with Gasteiger partial charge in [-0.1, -0.05) is 12.1 Å². The number of carbonyl (C=O) groups excluding carboxylic acids is 2. The maximum absolute atomic E-state index is 12.1. The first kappa shape index (κ1) is 19.4. The van der Waals surface area contributed by atoms with Crippen LogP contribution in [0.3, 0.4) is 0 Å². The SMILES string of the molecule is Cc1sc(C(=O)NCc2ccc(NC(=O)NC(C)C)cc2)cc1[N+](=O)[O-]. The van der Waals surface area contributed by atoms with E-state index in [1.54, 1.807) is 31.2 Å². The number of anilines is 1. The fourth-order valence-corrected chi connectivity index (χ4v) is 3.07. The predicted octanol–water partition coefficient (Wildman–Crippen LogP) is 3.42. The van der Waals surface area contributed by atoms with Gasteiger partial charge in [0.1, 0.15) is 0 Å². The smallest absolute Gasteiger partial charge is 0.319 e. The molecule has 0 spiro atoms. The number of thiophene rings is 1. The third-order valence-corrected chi connectivity index (χ3v) is 4.44. The van der Waals surface area contributed by atoms with Crippen LogP contribution in [0.25, 0.3) is 0 Å². The molecule has 0 saturated heterocycles. The first-order valence-electron chi connectivity index (χ1n) is 7.95. The average Bonchev–Trinajstić information content (AvgIpc) is 2.95. The van der Waals surface area contributed by atoms with Crippen LogP contribution >= 0.6 is 11.3 Å². The Kier molecular flexibility index (Phi) is 6.29. The lowest BCUT2D eigenvalue weighted by atomic mass is 10.2. The average molecular weight is 376 g/mol. The van der Waals surface area contributed by atoms with Gasteiger partial charge in [0.25, 0.3) is 11.6 Å². The minimum absolute atomic E-state index is 0.0428. The fraction of sp³-hybridized carbons (Fsp3) is 0.294. The standard InChI is InChI=1S/C17H20N4O4S/c1-10(2)19-17(23)20-13-6-4-12(5-7-13)9-18-16(22)15-8-14(21(24)25)11(3)26-15/h4-8,10H,9H2,1-3H3,(H,18,22)(H2,19,20,23). The van der Waals surface area contributed by atoms with Crippen molar-refractivity contribution in [3.05, 3.63) is 55.8 Å². The molecule has 0 radical (unpaired) electrons. The normalized spacial score (nSPS) is 10.5.